The predicted molar refractivity (Wildman–Crippen MR) is 46.1 cm³/mol. The second-order valence-electron chi connectivity index (χ2n) is 2.82. The molecule has 0 aromatic carbocycles. The second kappa shape index (κ2) is 5.67. The van der Waals surface area contributed by atoms with Crippen molar-refractivity contribution in [3.05, 3.63) is 0 Å². The molecule has 0 atom stereocenters. The first-order valence-electron chi connectivity index (χ1n) is 4.55. The van der Waals surface area contributed by atoms with Crippen LogP contribution < -0.4 is 0 Å². The molecule has 0 saturated heterocycles. The van der Waals surface area contributed by atoms with Gasteiger partial charge >= 0.3 is 11.9 Å². The van der Waals surface area contributed by atoms with Crippen LogP contribution in [0.3, 0.4) is 0 Å². The van der Waals surface area contributed by atoms with E-state index in [0.29, 0.717) is 12.8 Å². The Labute approximate surface area is 81.4 Å². The monoisotopic (exact) mass is 208 g/mol. The molecule has 0 spiro atoms. The van der Waals surface area contributed by atoms with Crippen molar-refractivity contribution in [1.82, 2.24) is 0 Å². The minimum atomic E-state index is -3.98. The Hall–Kier alpha value is -1.00. The van der Waals surface area contributed by atoms with Gasteiger partial charge in [-0.15, -0.1) is 0 Å². The number of ketones is 1. The van der Waals surface area contributed by atoms with Crippen LogP contribution in [0.4, 0.5) is 8.78 Å². The summed E-state index contributed by atoms with van der Waals surface area (Å²) >= 11 is 0. The lowest BCUT2D eigenvalue weighted by atomic mass is 10.1. The first-order chi connectivity index (χ1) is 6.46. The molecular formula is C9H14F2O3. The molecule has 3 nitrogen and oxygen atoms in total. The van der Waals surface area contributed by atoms with Crippen LogP contribution in [0.15, 0.2) is 0 Å². The highest BCUT2D eigenvalue weighted by molar-refractivity contribution is 6.05. The molecule has 0 saturated carbocycles. The van der Waals surface area contributed by atoms with E-state index in [9.17, 15) is 18.4 Å². The van der Waals surface area contributed by atoms with Crippen molar-refractivity contribution in [2.45, 2.75) is 39.0 Å². The van der Waals surface area contributed by atoms with Crippen LogP contribution in [0.1, 0.15) is 33.1 Å². The van der Waals surface area contributed by atoms with Crippen molar-refractivity contribution in [3.63, 3.8) is 0 Å². The number of hydrogen-bond donors (Lipinski definition) is 0. The van der Waals surface area contributed by atoms with Gasteiger partial charge in [-0.3, -0.25) is 4.79 Å². The Kier molecular flexibility index (Phi) is 5.27. The van der Waals surface area contributed by atoms with E-state index in [1.807, 2.05) is 0 Å². The van der Waals surface area contributed by atoms with Gasteiger partial charge < -0.3 is 4.74 Å². The van der Waals surface area contributed by atoms with E-state index in [-0.39, 0.29) is 13.0 Å². The first-order valence-corrected chi connectivity index (χ1v) is 4.55. The zero-order chi connectivity index (χ0) is 11.2. The van der Waals surface area contributed by atoms with Crippen LogP contribution in [0, 0.1) is 0 Å². The lowest BCUT2D eigenvalue weighted by molar-refractivity contribution is -0.176. The van der Waals surface area contributed by atoms with Crippen LogP contribution in [0.25, 0.3) is 0 Å². The molecule has 0 aliphatic rings. The summed E-state index contributed by atoms with van der Waals surface area (Å²) in [7, 11) is 0. The van der Waals surface area contributed by atoms with E-state index < -0.39 is 17.7 Å². The summed E-state index contributed by atoms with van der Waals surface area (Å²) in [6, 6.07) is 0. The van der Waals surface area contributed by atoms with Gasteiger partial charge in [-0.25, -0.2) is 4.79 Å². The van der Waals surface area contributed by atoms with Crippen LogP contribution in [0.5, 0.6) is 0 Å². The van der Waals surface area contributed by atoms with Gasteiger partial charge in [-0.05, 0) is 13.3 Å². The van der Waals surface area contributed by atoms with Gasteiger partial charge in [0.2, 0.25) is 5.78 Å². The number of esters is 1. The Morgan fingerprint density at radius 2 is 1.86 bits per heavy atom. The summed E-state index contributed by atoms with van der Waals surface area (Å²) in [5, 5.41) is 0. The zero-order valence-corrected chi connectivity index (χ0v) is 8.31. The lowest BCUT2D eigenvalue weighted by Gasteiger charge is -2.12. The fraction of sp³-hybridized carbons (Fsp3) is 0.778. The quantitative estimate of drug-likeness (QED) is 0.495. The molecule has 0 unspecified atom stereocenters. The number of unbranched alkanes of at least 4 members (excludes halogenated alkanes) is 1. The maximum atomic E-state index is 12.9. The average molecular weight is 208 g/mol. The predicted octanol–water partition coefficient (Wildman–Crippen LogP) is 1.94. The van der Waals surface area contributed by atoms with E-state index in [1.54, 1.807) is 6.92 Å². The van der Waals surface area contributed by atoms with Crippen molar-refractivity contribution >= 4 is 11.8 Å². The molecular weight excluding hydrogens is 194 g/mol. The van der Waals surface area contributed by atoms with Crippen molar-refractivity contribution < 1.29 is 23.1 Å². The summed E-state index contributed by atoms with van der Waals surface area (Å²) in [6.45, 7) is 3.02. The number of Topliss-reactive ketones (excluding diaryl/α,β-unsaturated/α-hetero) is 1. The van der Waals surface area contributed by atoms with Crippen LogP contribution in [0.2, 0.25) is 0 Å². The zero-order valence-electron chi connectivity index (χ0n) is 8.31. The maximum Gasteiger partial charge on any atom is 0.399 e. The number of alkyl halides is 2. The summed E-state index contributed by atoms with van der Waals surface area (Å²) in [5.74, 6) is -7.09. The van der Waals surface area contributed by atoms with Gasteiger partial charge in [0.05, 0.1) is 6.61 Å². The summed E-state index contributed by atoms with van der Waals surface area (Å²) < 4.78 is 29.9. The van der Waals surface area contributed by atoms with Gasteiger partial charge in [0.15, 0.2) is 0 Å². The third-order valence-corrected chi connectivity index (χ3v) is 1.64. The molecule has 0 amide bonds. The van der Waals surface area contributed by atoms with Crippen LogP contribution in [-0.4, -0.2) is 24.3 Å². The number of rotatable bonds is 6. The minimum absolute atomic E-state index is 0.157. The van der Waals surface area contributed by atoms with Gasteiger partial charge in [-0.2, -0.15) is 8.78 Å². The van der Waals surface area contributed by atoms with Crippen molar-refractivity contribution in [1.29, 1.82) is 0 Å². The number of ether oxygens (including phenoxy) is 1. The molecule has 82 valence electrons. The van der Waals surface area contributed by atoms with E-state index in [0.717, 1.165) is 0 Å². The molecule has 0 heterocycles. The topological polar surface area (TPSA) is 43.4 Å². The fourth-order valence-corrected chi connectivity index (χ4v) is 0.830. The number of hydrogen-bond acceptors (Lipinski definition) is 3. The third kappa shape index (κ3) is 3.40. The van der Waals surface area contributed by atoms with E-state index in [4.69, 9.17) is 0 Å². The number of carbonyl (C=O) groups is 2. The second-order valence-corrected chi connectivity index (χ2v) is 2.82. The summed E-state index contributed by atoms with van der Waals surface area (Å²) in [6.07, 6.45) is 0.695. The molecule has 14 heavy (non-hydrogen) atoms. The Morgan fingerprint density at radius 3 is 2.29 bits per heavy atom. The van der Waals surface area contributed by atoms with Crippen molar-refractivity contribution in [2.24, 2.45) is 0 Å². The van der Waals surface area contributed by atoms with Crippen LogP contribution >= 0.6 is 0 Å². The highest BCUT2D eigenvalue weighted by atomic mass is 19.3. The Bertz CT molecular complexity index is 214. The van der Waals surface area contributed by atoms with Gasteiger partial charge in [0.1, 0.15) is 0 Å². The first kappa shape index (κ1) is 13.0. The molecule has 0 aliphatic heterocycles. The van der Waals surface area contributed by atoms with Crippen molar-refractivity contribution in [2.75, 3.05) is 6.61 Å². The van der Waals surface area contributed by atoms with Gasteiger partial charge in [-0.1, -0.05) is 13.3 Å². The third-order valence-electron chi connectivity index (χ3n) is 1.64. The molecule has 0 radical (unpaired) electrons. The van der Waals surface area contributed by atoms with Gasteiger partial charge in [0, 0.05) is 6.42 Å². The standard InChI is InChI=1S/C9H14F2O3/c1-3-5-6-7(12)9(10,11)8(13)14-4-2/h3-6H2,1-2H3. The molecule has 5 heteroatoms. The molecule has 0 fully saturated rings. The molecule has 0 aromatic rings. The normalized spacial score (nSPS) is 11.1. The lowest BCUT2D eigenvalue weighted by Crippen LogP contribution is -2.39. The minimum Gasteiger partial charge on any atom is -0.461 e. The molecule has 0 aromatic heterocycles. The fourth-order valence-electron chi connectivity index (χ4n) is 0.830. The largest absolute Gasteiger partial charge is 0.461 e. The smallest absolute Gasteiger partial charge is 0.399 e. The summed E-state index contributed by atoms with van der Waals surface area (Å²) in [4.78, 5) is 21.6. The highest BCUT2D eigenvalue weighted by Crippen LogP contribution is 2.20. The summed E-state index contributed by atoms with van der Waals surface area (Å²) in [5.41, 5.74) is 0. The molecule has 0 aliphatic carbocycles. The van der Waals surface area contributed by atoms with Crippen molar-refractivity contribution in [3.8, 4) is 0 Å². The molecule has 0 rings (SSSR count). The van der Waals surface area contributed by atoms with Gasteiger partial charge in [0.25, 0.3) is 0 Å². The molecule has 0 bridgehead atoms. The SMILES string of the molecule is CCCCC(=O)C(F)(F)C(=O)OCC. The van der Waals surface area contributed by atoms with E-state index in [1.165, 1.54) is 6.92 Å². The van der Waals surface area contributed by atoms with E-state index >= 15 is 0 Å². The Balaban J connectivity index is 4.28. The van der Waals surface area contributed by atoms with E-state index in [2.05, 4.69) is 4.74 Å². The molecule has 0 N–H and O–H groups in total. The van der Waals surface area contributed by atoms with Crippen LogP contribution in [-0.2, 0) is 14.3 Å². The average Bonchev–Trinajstić information content (AvgIpc) is 2.14. The Morgan fingerprint density at radius 1 is 1.29 bits per heavy atom. The highest BCUT2D eigenvalue weighted by Gasteiger charge is 2.47. The number of carbonyl (C=O) groups excluding carboxylic acids is 2. The number of halogens is 2. The maximum absolute atomic E-state index is 12.9.